The van der Waals surface area contributed by atoms with E-state index in [9.17, 15) is 9.18 Å². The van der Waals surface area contributed by atoms with E-state index in [0.717, 1.165) is 43.3 Å². The summed E-state index contributed by atoms with van der Waals surface area (Å²) in [7, 11) is 0. The maximum absolute atomic E-state index is 13.3. The van der Waals surface area contributed by atoms with Gasteiger partial charge in [-0.1, -0.05) is 12.1 Å². The number of rotatable bonds is 3. The molecule has 0 radical (unpaired) electrons. The van der Waals surface area contributed by atoms with Crippen molar-refractivity contribution in [3.8, 4) is 0 Å². The lowest BCUT2D eigenvalue weighted by Gasteiger charge is -2.34. The highest BCUT2D eigenvalue weighted by Crippen LogP contribution is 2.48. The average molecular weight is 345 g/mol. The number of anilines is 1. The molecule has 1 aromatic heterocycles. The largest absolute Gasteiger partial charge is 0.345 e. The summed E-state index contributed by atoms with van der Waals surface area (Å²) in [4.78, 5) is 22.5. The van der Waals surface area contributed by atoms with Crippen molar-refractivity contribution in [2.24, 2.45) is 5.92 Å². The number of hydrogen-bond acceptors (Lipinski definition) is 4. The molecule has 0 unspecified atom stereocenters. The van der Waals surface area contributed by atoms with Crippen LogP contribution in [0.25, 0.3) is 0 Å². The van der Waals surface area contributed by atoms with Crippen molar-refractivity contribution < 1.29 is 9.18 Å². The number of aryl methyl sites for hydroxylation is 1. The van der Waals surface area contributed by atoms with Crippen LogP contribution in [-0.2, 0) is 4.79 Å². The number of aromatic nitrogens is 1. The van der Waals surface area contributed by atoms with Gasteiger partial charge in [0.25, 0.3) is 0 Å². The van der Waals surface area contributed by atoms with E-state index in [1.54, 1.807) is 23.5 Å². The molecule has 126 valence electrons. The molecule has 4 nitrogen and oxygen atoms in total. The summed E-state index contributed by atoms with van der Waals surface area (Å²) < 4.78 is 13.3. The van der Waals surface area contributed by atoms with Gasteiger partial charge in [0.2, 0.25) is 5.91 Å². The predicted octanol–water partition coefficient (Wildman–Crippen LogP) is 3.04. The van der Waals surface area contributed by atoms with Crippen LogP contribution >= 0.6 is 11.3 Å². The fourth-order valence-electron chi connectivity index (χ4n) is 3.42. The molecule has 1 saturated heterocycles. The van der Waals surface area contributed by atoms with Crippen molar-refractivity contribution in [1.29, 1.82) is 0 Å². The summed E-state index contributed by atoms with van der Waals surface area (Å²) in [6.45, 7) is 5.19. The van der Waals surface area contributed by atoms with E-state index in [-0.39, 0.29) is 23.6 Å². The third-order valence-electron chi connectivity index (χ3n) is 4.86. The van der Waals surface area contributed by atoms with Crippen LogP contribution in [0.3, 0.4) is 0 Å². The van der Waals surface area contributed by atoms with Crippen molar-refractivity contribution in [3.05, 3.63) is 46.7 Å². The number of piperazine rings is 1. The first kappa shape index (κ1) is 15.6. The Morgan fingerprint density at radius 2 is 2.08 bits per heavy atom. The van der Waals surface area contributed by atoms with Crippen molar-refractivity contribution in [1.82, 2.24) is 9.88 Å². The second-order valence-corrected chi connectivity index (χ2v) is 7.78. The minimum Gasteiger partial charge on any atom is -0.345 e. The Balaban J connectivity index is 1.34. The fraction of sp³-hybridized carbons (Fsp3) is 0.444. The second-order valence-electron chi connectivity index (χ2n) is 6.57. The standard InChI is InChI=1S/C18H20FN3OS/c1-12-11-20-18(24-12)22-7-5-21(6-8-22)17(23)16-10-15(16)13-3-2-4-14(19)9-13/h2-4,9,11,15-16H,5-8,10H2,1H3/t15-,16-/m0/s1. The van der Waals surface area contributed by atoms with E-state index in [4.69, 9.17) is 0 Å². The van der Waals surface area contributed by atoms with E-state index < -0.39 is 0 Å². The van der Waals surface area contributed by atoms with Gasteiger partial charge in [0.05, 0.1) is 0 Å². The minimum atomic E-state index is -0.224. The van der Waals surface area contributed by atoms with Crippen LogP contribution < -0.4 is 4.90 Å². The van der Waals surface area contributed by atoms with Gasteiger partial charge in [0.1, 0.15) is 5.82 Å². The molecule has 0 spiro atoms. The molecule has 24 heavy (non-hydrogen) atoms. The lowest BCUT2D eigenvalue weighted by Crippen LogP contribution is -2.49. The zero-order valence-corrected chi connectivity index (χ0v) is 14.4. The normalized spacial score (nSPS) is 23.4. The molecule has 2 heterocycles. The van der Waals surface area contributed by atoms with Crippen LogP contribution in [0, 0.1) is 18.7 Å². The van der Waals surface area contributed by atoms with E-state index in [1.165, 1.54) is 10.9 Å². The molecule has 2 atom stereocenters. The van der Waals surface area contributed by atoms with Crippen LogP contribution in [0.2, 0.25) is 0 Å². The monoisotopic (exact) mass is 345 g/mol. The van der Waals surface area contributed by atoms with Crippen molar-refractivity contribution in [3.63, 3.8) is 0 Å². The Morgan fingerprint density at radius 3 is 2.75 bits per heavy atom. The van der Waals surface area contributed by atoms with Gasteiger partial charge in [0.15, 0.2) is 5.13 Å². The molecule has 4 rings (SSSR count). The molecule has 1 amide bonds. The highest BCUT2D eigenvalue weighted by molar-refractivity contribution is 7.15. The fourth-order valence-corrected chi connectivity index (χ4v) is 4.23. The number of thiazole rings is 1. The maximum atomic E-state index is 13.3. The first-order valence-electron chi connectivity index (χ1n) is 8.33. The van der Waals surface area contributed by atoms with Gasteiger partial charge < -0.3 is 9.80 Å². The van der Waals surface area contributed by atoms with Gasteiger partial charge in [-0.3, -0.25) is 4.79 Å². The van der Waals surface area contributed by atoms with Gasteiger partial charge in [0, 0.05) is 43.2 Å². The lowest BCUT2D eigenvalue weighted by molar-refractivity contribution is -0.132. The van der Waals surface area contributed by atoms with Gasteiger partial charge in [-0.25, -0.2) is 9.37 Å². The Hall–Kier alpha value is -1.95. The smallest absolute Gasteiger partial charge is 0.226 e. The zero-order valence-electron chi connectivity index (χ0n) is 13.6. The molecule has 6 heteroatoms. The van der Waals surface area contributed by atoms with E-state index in [0.29, 0.717) is 0 Å². The van der Waals surface area contributed by atoms with E-state index in [1.807, 2.05) is 17.2 Å². The van der Waals surface area contributed by atoms with Crippen molar-refractivity contribution in [2.45, 2.75) is 19.3 Å². The second kappa shape index (κ2) is 6.16. The molecule has 1 saturated carbocycles. The molecule has 1 aliphatic carbocycles. The number of benzene rings is 1. The third-order valence-corrected chi connectivity index (χ3v) is 5.83. The molecule has 2 aromatic rings. The Bertz CT molecular complexity index is 754. The summed E-state index contributed by atoms with van der Waals surface area (Å²) in [5.74, 6) is 0.213. The Labute approximate surface area is 144 Å². The molecule has 2 aliphatic rings. The number of hydrogen-bond donors (Lipinski definition) is 0. The van der Waals surface area contributed by atoms with Gasteiger partial charge >= 0.3 is 0 Å². The summed E-state index contributed by atoms with van der Waals surface area (Å²) in [5, 5.41) is 1.05. The topological polar surface area (TPSA) is 36.4 Å². The SMILES string of the molecule is Cc1cnc(N2CCN(C(=O)[C@H]3C[C@H]3c3cccc(F)c3)CC2)s1. The summed E-state index contributed by atoms with van der Waals surface area (Å²) in [5.41, 5.74) is 0.949. The van der Waals surface area contributed by atoms with Crippen molar-refractivity contribution >= 4 is 22.4 Å². The van der Waals surface area contributed by atoms with Gasteiger partial charge in [-0.05, 0) is 37.0 Å². The van der Waals surface area contributed by atoms with Crippen LogP contribution in [0.1, 0.15) is 22.8 Å². The van der Waals surface area contributed by atoms with E-state index in [2.05, 4.69) is 16.8 Å². The molecular formula is C18H20FN3OS. The van der Waals surface area contributed by atoms with Gasteiger partial charge in [-0.15, -0.1) is 11.3 Å². The van der Waals surface area contributed by atoms with Crippen LogP contribution in [0.5, 0.6) is 0 Å². The highest BCUT2D eigenvalue weighted by atomic mass is 32.1. The maximum Gasteiger partial charge on any atom is 0.226 e. The Morgan fingerprint density at radius 1 is 1.29 bits per heavy atom. The predicted molar refractivity (Wildman–Crippen MR) is 92.9 cm³/mol. The number of halogens is 1. The quantitative estimate of drug-likeness (QED) is 0.858. The van der Waals surface area contributed by atoms with Crippen LogP contribution in [0.4, 0.5) is 9.52 Å². The molecule has 2 fully saturated rings. The van der Waals surface area contributed by atoms with Crippen LogP contribution in [-0.4, -0.2) is 42.0 Å². The number of carbonyl (C=O) groups is 1. The van der Waals surface area contributed by atoms with E-state index >= 15 is 0 Å². The number of amides is 1. The summed E-state index contributed by atoms with van der Waals surface area (Å²) in [6, 6.07) is 6.64. The molecule has 0 N–H and O–H groups in total. The Kier molecular flexibility index (Phi) is 4.00. The third kappa shape index (κ3) is 3.02. The number of carbonyl (C=O) groups excluding carboxylic acids is 1. The average Bonchev–Trinajstić information content (AvgIpc) is 3.28. The molecule has 1 aliphatic heterocycles. The highest BCUT2D eigenvalue weighted by Gasteiger charge is 2.46. The molecule has 0 bridgehead atoms. The summed E-state index contributed by atoms with van der Waals surface area (Å²) in [6.07, 6.45) is 2.74. The number of nitrogens with zero attached hydrogens (tertiary/aromatic N) is 3. The lowest BCUT2D eigenvalue weighted by atomic mass is 10.1. The van der Waals surface area contributed by atoms with Crippen molar-refractivity contribution in [2.75, 3.05) is 31.1 Å². The summed E-state index contributed by atoms with van der Waals surface area (Å²) >= 11 is 1.70. The zero-order chi connectivity index (χ0) is 16.7. The molecular weight excluding hydrogens is 325 g/mol. The minimum absolute atomic E-state index is 0.0282. The van der Waals surface area contributed by atoms with Gasteiger partial charge in [-0.2, -0.15) is 0 Å². The first-order valence-corrected chi connectivity index (χ1v) is 9.15. The van der Waals surface area contributed by atoms with Crippen LogP contribution in [0.15, 0.2) is 30.5 Å². The first-order chi connectivity index (χ1) is 11.6. The molecule has 1 aromatic carbocycles.